The molecule has 106 valence electrons. The van der Waals surface area contributed by atoms with Gasteiger partial charge in [-0.15, -0.1) is 0 Å². The smallest absolute Gasteiger partial charge is 0.266 e. The summed E-state index contributed by atoms with van der Waals surface area (Å²) < 4.78 is 40.4. The molecule has 0 heterocycles. The fraction of sp³-hybridized carbons (Fsp3) is 0.0769. The van der Waals surface area contributed by atoms with Crippen molar-refractivity contribution in [3.05, 3.63) is 52.8 Å². The number of nitrogens with two attached hydrogens (primary N) is 1. The maximum atomic E-state index is 13.7. The summed E-state index contributed by atoms with van der Waals surface area (Å²) in [6.45, 7) is 1.78. The molecule has 2 aromatic carbocycles. The van der Waals surface area contributed by atoms with Gasteiger partial charge in [0.25, 0.3) is 10.0 Å². The lowest BCUT2D eigenvalue weighted by molar-refractivity contribution is 0.572. The molecule has 20 heavy (non-hydrogen) atoms. The molecule has 0 unspecified atom stereocenters. The Morgan fingerprint density at radius 3 is 2.60 bits per heavy atom. The van der Waals surface area contributed by atoms with Crippen LogP contribution in [0.2, 0.25) is 5.02 Å². The van der Waals surface area contributed by atoms with Gasteiger partial charge in [-0.05, 0) is 36.8 Å². The third kappa shape index (κ3) is 2.86. The third-order valence-electron chi connectivity index (χ3n) is 2.63. The molecule has 2 aromatic rings. The highest BCUT2D eigenvalue weighted by Gasteiger charge is 2.23. The number of benzene rings is 2. The van der Waals surface area contributed by atoms with Crippen LogP contribution in [0, 0.1) is 12.7 Å². The summed E-state index contributed by atoms with van der Waals surface area (Å²) in [6, 6.07) is 8.52. The first kappa shape index (κ1) is 14.6. The van der Waals surface area contributed by atoms with Crippen LogP contribution in [0.3, 0.4) is 0 Å². The normalized spacial score (nSPS) is 11.3. The summed E-state index contributed by atoms with van der Waals surface area (Å²) >= 11 is 5.92. The van der Waals surface area contributed by atoms with Gasteiger partial charge in [-0.3, -0.25) is 4.72 Å². The van der Waals surface area contributed by atoms with E-state index in [0.717, 1.165) is 11.6 Å². The molecule has 0 aromatic heterocycles. The number of halogens is 2. The third-order valence-corrected chi connectivity index (χ3v) is 4.42. The van der Waals surface area contributed by atoms with Gasteiger partial charge in [0.1, 0.15) is 10.7 Å². The lowest BCUT2D eigenvalue weighted by Gasteiger charge is -2.12. The highest BCUT2D eigenvalue weighted by molar-refractivity contribution is 7.93. The van der Waals surface area contributed by atoms with E-state index in [0.29, 0.717) is 0 Å². The predicted molar refractivity (Wildman–Crippen MR) is 77.8 cm³/mol. The van der Waals surface area contributed by atoms with Crippen molar-refractivity contribution in [2.24, 2.45) is 0 Å². The summed E-state index contributed by atoms with van der Waals surface area (Å²) in [5, 5.41) is 0.217. The molecular weight excluding hydrogens is 303 g/mol. The number of nitrogens with one attached hydrogen (secondary N) is 1. The minimum Gasteiger partial charge on any atom is -0.398 e. The number of hydrogen-bond donors (Lipinski definition) is 2. The van der Waals surface area contributed by atoms with Gasteiger partial charge < -0.3 is 5.73 Å². The molecule has 2 rings (SSSR count). The summed E-state index contributed by atoms with van der Waals surface area (Å²) in [5.74, 6) is -0.915. The Kier molecular flexibility index (Phi) is 3.87. The van der Waals surface area contributed by atoms with Crippen LogP contribution >= 0.6 is 11.6 Å². The van der Waals surface area contributed by atoms with E-state index in [2.05, 4.69) is 4.72 Å². The van der Waals surface area contributed by atoms with Crippen molar-refractivity contribution in [3.8, 4) is 0 Å². The van der Waals surface area contributed by atoms with Crippen molar-refractivity contribution in [2.75, 3.05) is 10.5 Å². The van der Waals surface area contributed by atoms with Gasteiger partial charge in [0.05, 0.1) is 16.4 Å². The van der Waals surface area contributed by atoms with E-state index >= 15 is 0 Å². The van der Waals surface area contributed by atoms with E-state index < -0.39 is 20.7 Å². The lowest BCUT2D eigenvalue weighted by Crippen LogP contribution is -2.16. The first-order chi connectivity index (χ1) is 9.31. The maximum absolute atomic E-state index is 13.7. The average molecular weight is 315 g/mol. The highest BCUT2D eigenvalue weighted by atomic mass is 35.5. The van der Waals surface area contributed by atoms with Crippen LogP contribution in [-0.2, 0) is 10.0 Å². The molecule has 0 aliphatic carbocycles. The molecule has 0 aliphatic rings. The van der Waals surface area contributed by atoms with Crippen LogP contribution in [-0.4, -0.2) is 8.42 Å². The number of aryl methyl sites for hydroxylation is 1. The van der Waals surface area contributed by atoms with Gasteiger partial charge in [0.15, 0.2) is 0 Å². The van der Waals surface area contributed by atoms with Gasteiger partial charge >= 0.3 is 0 Å². The van der Waals surface area contributed by atoms with E-state index in [-0.39, 0.29) is 16.4 Å². The lowest BCUT2D eigenvalue weighted by atomic mass is 10.2. The molecule has 0 radical (unpaired) electrons. The number of rotatable bonds is 3. The van der Waals surface area contributed by atoms with Gasteiger partial charge in [-0.1, -0.05) is 23.7 Å². The van der Waals surface area contributed by atoms with E-state index in [9.17, 15) is 12.8 Å². The Balaban J connectivity index is 2.49. The first-order valence-corrected chi connectivity index (χ1v) is 7.50. The van der Waals surface area contributed by atoms with Gasteiger partial charge in [-0.25, -0.2) is 12.8 Å². The highest BCUT2D eigenvalue weighted by Crippen LogP contribution is 2.28. The van der Waals surface area contributed by atoms with Crippen LogP contribution < -0.4 is 10.5 Å². The summed E-state index contributed by atoms with van der Waals surface area (Å²) in [6.07, 6.45) is 0. The Labute approximate surface area is 121 Å². The predicted octanol–water partition coefficient (Wildman–Crippen LogP) is 3.17. The second-order valence-corrected chi connectivity index (χ2v) is 6.27. The van der Waals surface area contributed by atoms with E-state index in [4.69, 9.17) is 17.3 Å². The molecule has 0 bridgehead atoms. The molecule has 0 fully saturated rings. The van der Waals surface area contributed by atoms with E-state index in [1.54, 1.807) is 25.1 Å². The van der Waals surface area contributed by atoms with Crippen molar-refractivity contribution >= 4 is 33.0 Å². The largest absolute Gasteiger partial charge is 0.398 e. The Hall–Kier alpha value is -1.79. The zero-order valence-electron chi connectivity index (χ0n) is 10.5. The standard InChI is InChI=1S/C13H12ClFN2O2S/c1-8-5-6-9(14)12(7-8)17-20(18,19)13-10(15)3-2-4-11(13)16/h2-7,17H,16H2,1H3. The van der Waals surface area contributed by atoms with Gasteiger partial charge in [0, 0.05) is 0 Å². The quantitative estimate of drug-likeness (QED) is 0.855. The molecule has 0 atom stereocenters. The fourth-order valence-electron chi connectivity index (χ4n) is 1.72. The second kappa shape index (κ2) is 5.30. The Morgan fingerprint density at radius 1 is 1.25 bits per heavy atom. The van der Waals surface area contributed by atoms with Crippen molar-refractivity contribution in [1.29, 1.82) is 0 Å². The molecule has 0 amide bonds. The minimum absolute atomic E-state index is 0.165. The number of anilines is 2. The summed E-state index contributed by atoms with van der Waals surface area (Å²) in [4.78, 5) is -0.586. The zero-order valence-corrected chi connectivity index (χ0v) is 12.1. The van der Waals surface area contributed by atoms with Crippen LogP contribution in [0.5, 0.6) is 0 Å². The Morgan fingerprint density at radius 2 is 1.95 bits per heavy atom. The minimum atomic E-state index is -4.15. The number of hydrogen-bond acceptors (Lipinski definition) is 3. The van der Waals surface area contributed by atoms with Crippen LogP contribution in [0.1, 0.15) is 5.56 Å². The molecule has 0 saturated heterocycles. The topological polar surface area (TPSA) is 72.2 Å². The van der Waals surface area contributed by atoms with Crippen LogP contribution in [0.4, 0.5) is 15.8 Å². The average Bonchev–Trinajstić information content (AvgIpc) is 2.33. The number of nitrogen functional groups attached to an aromatic ring is 1. The molecule has 0 saturated carbocycles. The maximum Gasteiger partial charge on any atom is 0.266 e. The molecule has 7 heteroatoms. The SMILES string of the molecule is Cc1ccc(Cl)c(NS(=O)(=O)c2c(N)cccc2F)c1. The Bertz CT molecular complexity index is 743. The van der Waals surface area contributed by atoms with Crippen molar-refractivity contribution in [1.82, 2.24) is 0 Å². The summed E-state index contributed by atoms with van der Waals surface area (Å²) in [7, 11) is -4.15. The molecule has 3 N–H and O–H groups in total. The monoisotopic (exact) mass is 314 g/mol. The number of sulfonamides is 1. The van der Waals surface area contributed by atoms with Gasteiger partial charge in [0.2, 0.25) is 0 Å². The molecule has 0 spiro atoms. The van der Waals surface area contributed by atoms with Gasteiger partial charge in [-0.2, -0.15) is 0 Å². The fourth-order valence-corrected chi connectivity index (χ4v) is 3.21. The molecule has 4 nitrogen and oxygen atoms in total. The van der Waals surface area contributed by atoms with Crippen LogP contribution in [0.25, 0.3) is 0 Å². The van der Waals surface area contributed by atoms with Crippen molar-refractivity contribution in [2.45, 2.75) is 11.8 Å². The molecule has 0 aliphatic heterocycles. The first-order valence-electron chi connectivity index (χ1n) is 5.64. The van der Waals surface area contributed by atoms with E-state index in [1.165, 1.54) is 12.1 Å². The van der Waals surface area contributed by atoms with Crippen molar-refractivity contribution in [3.63, 3.8) is 0 Å². The van der Waals surface area contributed by atoms with E-state index in [1.807, 2.05) is 0 Å². The van der Waals surface area contributed by atoms with Crippen molar-refractivity contribution < 1.29 is 12.8 Å². The molecular formula is C13H12ClFN2O2S. The zero-order chi connectivity index (χ0) is 14.9. The summed E-state index contributed by atoms with van der Waals surface area (Å²) in [5.41, 5.74) is 6.36. The second-order valence-electron chi connectivity index (χ2n) is 4.25. The van der Waals surface area contributed by atoms with Crippen LogP contribution in [0.15, 0.2) is 41.3 Å².